The largest absolute Gasteiger partial charge is 0.486 e. The van der Waals surface area contributed by atoms with Crippen molar-refractivity contribution in [2.24, 2.45) is 5.92 Å². The van der Waals surface area contributed by atoms with Crippen LogP contribution in [0.3, 0.4) is 0 Å². The van der Waals surface area contributed by atoms with Crippen LogP contribution in [-0.2, 0) is 21.2 Å². The van der Waals surface area contributed by atoms with Gasteiger partial charge in [0.25, 0.3) is 0 Å². The molecule has 1 fully saturated rings. The normalized spacial score (nSPS) is 19.6. The lowest BCUT2D eigenvalue weighted by atomic mass is 9.97. The second-order valence-electron chi connectivity index (χ2n) is 8.74. The van der Waals surface area contributed by atoms with Gasteiger partial charge in [0.15, 0.2) is 11.5 Å². The Morgan fingerprint density at radius 3 is 2.67 bits per heavy atom. The molecule has 2 aromatic carbocycles. The lowest BCUT2D eigenvalue weighted by molar-refractivity contribution is -0.126. The number of piperidine rings is 1. The summed E-state index contributed by atoms with van der Waals surface area (Å²) in [7, 11) is -3.39. The number of carbonyl (C=O) groups excluding carboxylic acids is 1. The van der Waals surface area contributed by atoms with Gasteiger partial charge in [-0.1, -0.05) is 36.4 Å². The number of rotatable bonds is 8. The van der Waals surface area contributed by atoms with Gasteiger partial charge in [-0.3, -0.25) is 4.79 Å². The molecule has 33 heavy (non-hydrogen) atoms. The van der Waals surface area contributed by atoms with Gasteiger partial charge in [-0.15, -0.1) is 0 Å². The summed E-state index contributed by atoms with van der Waals surface area (Å²) in [6.07, 6.45) is 2.68. The van der Waals surface area contributed by atoms with Crippen LogP contribution in [0.1, 0.15) is 43.4 Å². The van der Waals surface area contributed by atoms with Gasteiger partial charge in [-0.05, 0) is 55.9 Å². The summed E-state index contributed by atoms with van der Waals surface area (Å²) in [6.45, 7) is 3.69. The number of hydrogen-bond acceptors (Lipinski definition) is 5. The van der Waals surface area contributed by atoms with Crippen molar-refractivity contribution in [1.29, 1.82) is 0 Å². The quantitative estimate of drug-likeness (QED) is 0.637. The summed E-state index contributed by atoms with van der Waals surface area (Å²) in [5.41, 5.74) is 2.06. The average molecular weight is 473 g/mol. The lowest BCUT2D eigenvalue weighted by Crippen LogP contribution is -2.46. The zero-order valence-electron chi connectivity index (χ0n) is 19.0. The van der Waals surface area contributed by atoms with E-state index in [1.54, 1.807) is 0 Å². The van der Waals surface area contributed by atoms with Crippen molar-refractivity contribution in [2.75, 3.05) is 32.1 Å². The summed E-state index contributed by atoms with van der Waals surface area (Å²) in [5.74, 6) is 1.04. The molecule has 2 aliphatic rings. The number of benzene rings is 2. The predicted octanol–water partition coefficient (Wildman–Crippen LogP) is 3.31. The molecule has 0 spiro atoms. The highest BCUT2D eigenvalue weighted by molar-refractivity contribution is 7.89. The van der Waals surface area contributed by atoms with Crippen molar-refractivity contribution in [3.05, 3.63) is 59.7 Å². The molecule has 2 atom stereocenters. The van der Waals surface area contributed by atoms with Crippen molar-refractivity contribution >= 4 is 15.9 Å². The molecule has 2 aromatic rings. The molecular formula is C25H32N2O5S. The van der Waals surface area contributed by atoms with E-state index in [9.17, 15) is 13.2 Å². The third-order valence-corrected chi connectivity index (χ3v) is 8.21. The molecule has 7 nitrogen and oxygen atoms in total. The fraction of sp³-hybridized carbons (Fsp3) is 0.480. The monoisotopic (exact) mass is 472 g/mol. The Bertz CT molecular complexity index is 1060. The number of aryl methyl sites for hydroxylation is 1. The standard InChI is InChI=1S/C25H32N2O5S/c1-19(21-11-12-23-24(17-21)32-15-14-31-23)26-25(28)22-10-5-13-27(18-22)33(29,30)16-6-9-20-7-3-2-4-8-20/h2-4,7-8,11-12,17,19,22H,5-6,9-10,13-16,18H2,1H3,(H,26,28). The first-order chi connectivity index (χ1) is 15.9. The highest BCUT2D eigenvalue weighted by atomic mass is 32.2. The van der Waals surface area contributed by atoms with E-state index in [-0.39, 0.29) is 30.2 Å². The Kier molecular flexibility index (Phi) is 7.55. The molecule has 2 unspecified atom stereocenters. The first-order valence-corrected chi connectivity index (χ1v) is 13.2. The van der Waals surface area contributed by atoms with Gasteiger partial charge in [0, 0.05) is 13.1 Å². The number of hydrogen-bond donors (Lipinski definition) is 1. The molecule has 0 saturated carbocycles. The Morgan fingerprint density at radius 2 is 1.88 bits per heavy atom. The third kappa shape index (κ3) is 6.06. The van der Waals surface area contributed by atoms with E-state index < -0.39 is 10.0 Å². The van der Waals surface area contributed by atoms with Crippen LogP contribution in [0.15, 0.2) is 48.5 Å². The summed E-state index contributed by atoms with van der Waals surface area (Å²) >= 11 is 0. The molecule has 0 aromatic heterocycles. The number of amides is 1. The first-order valence-electron chi connectivity index (χ1n) is 11.6. The molecule has 4 rings (SSSR count). The van der Waals surface area contributed by atoms with Gasteiger partial charge in [0.2, 0.25) is 15.9 Å². The van der Waals surface area contributed by atoms with Crippen molar-refractivity contribution in [3.63, 3.8) is 0 Å². The molecule has 1 saturated heterocycles. The molecule has 8 heteroatoms. The maximum atomic E-state index is 13.0. The zero-order chi connectivity index (χ0) is 23.3. The van der Waals surface area contributed by atoms with Crippen molar-refractivity contribution < 1.29 is 22.7 Å². The predicted molar refractivity (Wildman–Crippen MR) is 127 cm³/mol. The molecule has 178 valence electrons. The van der Waals surface area contributed by atoms with E-state index in [4.69, 9.17) is 9.47 Å². The molecule has 2 aliphatic heterocycles. The molecule has 2 heterocycles. The maximum absolute atomic E-state index is 13.0. The van der Waals surface area contributed by atoms with E-state index >= 15 is 0 Å². The topological polar surface area (TPSA) is 84.9 Å². The average Bonchev–Trinajstić information content (AvgIpc) is 2.84. The van der Waals surface area contributed by atoms with Crippen LogP contribution in [0.5, 0.6) is 11.5 Å². The van der Waals surface area contributed by atoms with Crippen LogP contribution in [0.2, 0.25) is 0 Å². The van der Waals surface area contributed by atoms with Gasteiger partial charge >= 0.3 is 0 Å². The highest BCUT2D eigenvalue weighted by Gasteiger charge is 2.32. The minimum absolute atomic E-state index is 0.101. The number of fused-ring (bicyclic) bond motifs is 1. The van der Waals surface area contributed by atoms with Crippen molar-refractivity contribution in [2.45, 2.75) is 38.6 Å². The van der Waals surface area contributed by atoms with Gasteiger partial charge in [0.1, 0.15) is 13.2 Å². The first kappa shape index (κ1) is 23.6. The minimum atomic E-state index is -3.39. The summed E-state index contributed by atoms with van der Waals surface area (Å²) < 4.78 is 38.5. The van der Waals surface area contributed by atoms with Crippen LogP contribution < -0.4 is 14.8 Å². The van der Waals surface area contributed by atoms with Gasteiger partial charge in [-0.2, -0.15) is 0 Å². The second-order valence-corrected chi connectivity index (χ2v) is 10.8. The molecule has 0 aliphatic carbocycles. The van der Waals surface area contributed by atoms with Gasteiger partial charge in [-0.25, -0.2) is 12.7 Å². The number of carbonyl (C=O) groups is 1. The molecule has 1 N–H and O–H groups in total. The smallest absolute Gasteiger partial charge is 0.224 e. The van der Waals surface area contributed by atoms with Crippen molar-refractivity contribution in [3.8, 4) is 11.5 Å². The third-order valence-electron chi connectivity index (χ3n) is 6.28. The maximum Gasteiger partial charge on any atom is 0.224 e. The fourth-order valence-electron chi connectivity index (χ4n) is 4.39. The van der Waals surface area contributed by atoms with Gasteiger partial charge in [0.05, 0.1) is 17.7 Å². The van der Waals surface area contributed by atoms with E-state index in [0.29, 0.717) is 50.5 Å². The number of sulfonamides is 1. The fourth-order valence-corrected chi connectivity index (χ4v) is 5.97. The molecular weight excluding hydrogens is 440 g/mol. The minimum Gasteiger partial charge on any atom is -0.486 e. The van der Waals surface area contributed by atoms with Crippen LogP contribution in [-0.4, -0.2) is 50.7 Å². The van der Waals surface area contributed by atoms with Crippen LogP contribution in [0.25, 0.3) is 0 Å². The highest BCUT2D eigenvalue weighted by Crippen LogP contribution is 2.32. The molecule has 0 bridgehead atoms. The van der Waals surface area contributed by atoms with E-state index in [1.165, 1.54) is 4.31 Å². The zero-order valence-corrected chi connectivity index (χ0v) is 19.9. The van der Waals surface area contributed by atoms with E-state index in [0.717, 1.165) is 17.5 Å². The SMILES string of the molecule is CC(NC(=O)C1CCCN(S(=O)(=O)CCCc2ccccc2)C1)c1ccc2c(c1)OCCO2. The Hall–Kier alpha value is -2.58. The summed E-state index contributed by atoms with van der Waals surface area (Å²) in [4.78, 5) is 13.0. The summed E-state index contributed by atoms with van der Waals surface area (Å²) in [6, 6.07) is 15.4. The Morgan fingerprint density at radius 1 is 1.12 bits per heavy atom. The van der Waals surface area contributed by atoms with Crippen molar-refractivity contribution in [1.82, 2.24) is 9.62 Å². The second kappa shape index (κ2) is 10.6. The number of nitrogens with one attached hydrogen (secondary N) is 1. The summed E-state index contributed by atoms with van der Waals surface area (Å²) in [5, 5.41) is 3.05. The van der Waals surface area contributed by atoms with E-state index in [1.807, 2.05) is 55.5 Å². The molecule has 1 amide bonds. The number of nitrogens with zero attached hydrogens (tertiary/aromatic N) is 1. The Balaban J connectivity index is 1.31. The van der Waals surface area contributed by atoms with Crippen LogP contribution >= 0.6 is 0 Å². The van der Waals surface area contributed by atoms with Crippen LogP contribution in [0.4, 0.5) is 0 Å². The van der Waals surface area contributed by atoms with E-state index in [2.05, 4.69) is 5.32 Å². The number of ether oxygens (including phenoxy) is 2. The van der Waals surface area contributed by atoms with Crippen LogP contribution in [0, 0.1) is 5.92 Å². The Labute approximate surface area is 196 Å². The molecule has 0 radical (unpaired) electrons. The lowest BCUT2D eigenvalue weighted by Gasteiger charge is -2.32. The van der Waals surface area contributed by atoms with Gasteiger partial charge < -0.3 is 14.8 Å².